The second kappa shape index (κ2) is 8.47. The van der Waals surface area contributed by atoms with E-state index in [9.17, 15) is 18.0 Å². The molecule has 1 saturated carbocycles. The van der Waals surface area contributed by atoms with Crippen LogP contribution in [0.4, 0.5) is 5.69 Å². The molecule has 30 heavy (non-hydrogen) atoms. The zero-order chi connectivity index (χ0) is 21.1. The van der Waals surface area contributed by atoms with Crippen LogP contribution in [0.25, 0.3) is 0 Å². The Morgan fingerprint density at radius 1 is 0.867 bits per heavy atom. The molecule has 4 rings (SSSR count). The van der Waals surface area contributed by atoms with Crippen molar-refractivity contribution < 1.29 is 18.0 Å². The van der Waals surface area contributed by atoms with Crippen molar-refractivity contribution in [3.05, 3.63) is 60.2 Å². The van der Waals surface area contributed by atoms with Crippen molar-refractivity contribution in [3.8, 4) is 0 Å². The van der Waals surface area contributed by atoms with E-state index < -0.39 is 10.0 Å². The van der Waals surface area contributed by atoms with Gasteiger partial charge in [-0.15, -0.1) is 0 Å². The smallest absolute Gasteiger partial charge is 0.261 e. The highest BCUT2D eigenvalue weighted by atomic mass is 32.2. The van der Waals surface area contributed by atoms with E-state index >= 15 is 0 Å². The SMILES string of the molecule is O=C(NC1CCN(C(=O)C2CC2)CC1)c1ccc(NS(=O)(=O)c2ccccc2)cc1. The lowest BCUT2D eigenvalue weighted by Gasteiger charge is -2.32. The highest BCUT2D eigenvalue weighted by Crippen LogP contribution is 2.31. The number of anilines is 1. The number of benzene rings is 2. The lowest BCUT2D eigenvalue weighted by atomic mass is 10.0. The lowest BCUT2D eigenvalue weighted by molar-refractivity contribution is -0.133. The third kappa shape index (κ3) is 4.81. The molecule has 0 atom stereocenters. The van der Waals surface area contributed by atoms with Crippen LogP contribution in [-0.4, -0.2) is 44.3 Å². The van der Waals surface area contributed by atoms with Crippen LogP contribution < -0.4 is 10.0 Å². The maximum Gasteiger partial charge on any atom is 0.261 e. The number of likely N-dealkylation sites (tertiary alicyclic amines) is 1. The Morgan fingerprint density at radius 3 is 2.10 bits per heavy atom. The zero-order valence-electron chi connectivity index (χ0n) is 16.6. The maximum absolute atomic E-state index is 12.5. The molecule has 158 valence electrons. The number of carbonyl (C=O) groups excluding carboxylic acids is 2. The fourth-order valence-electron chi connectivity index (χ4n) is 3.60. The summed E-state index contributed by atoms with van der Waals surface area (Å²) in [6.45, 7) is 1.36. The molecular formula is C22H25N3O4S. The molecule has 0 aromatic heterocycles. The van der Waals surface area contributed by atoms with Crippen LogP contribution in [-0.2, 0) is 14.8 Å². The minimum atomic E-state index is -3.67. The number of piperidine rings is 1. The summed E-state index contributed by atoms with van der Waals surface area (Å²) in [5.74, 6) is 0.293. The summed E-state index contributed by atoms with van der Waals surface area (Å²) in [6.07, 6.45) is 3.51. The maximum atomic E-state index is 12.5. The summed E-state index contributed by atoms with van der Waals surface area (Å²) in [7, 11) is -3.67. The van der Waals surface area contributed by atoms with Gasteiger partial charge in [-0.25, -0.2) is 8.42 Å². The van der Waals surface area contributed by atoms with Crippen molar-refractivity contribution in [2.24, 2.45) is 5.92 Å². The third-order valence-electron chi connectivity index (χ3n) is 5.52. The Bertz CT molecular complexity index is 1010. The highest BCUT2D eigenvalue weighted by molar-refractivity contribution is 7.92. The average molecular weight is 428 g/mol. The number of hydrogen-bond donors (Lipinski definition) is 2. The summed E-state index contributed by atoms with van der Waals surface area (Å²) in [6, 6.07) is 14.5. The van der Waals surface area contributed by atoms with Crippen molar-refractivity contribution in [1.82, 2.24) is 10.2 Å². The summed E-state index contributed by atoms with van der Waals surface area (Å²) < 4.78 is 27.3. The van der Waals surface area contributed by atoms with Crippen molar-refractivity contribution >= 4 is 27.5 Å². The number of carbonyl (C=O) groups is 2. The van der Waals surface area contributed by atoms with Gasteiger partial charge in [0.25, 0.3) is 15.9 Å². The molecule has 2 fully saturated rings. The standard InChI is InChI=1S/C22H25N3O4S/c26-21(23-18-12-14-25(15-13-18)22(27)17-6-7-17)16-8-10-19(11-9-16)24-30(28,29)20-4-2-1-3-5-20/h1-5,8-11,17-18,24H,6-7,12-15H2,(H,23,26). The van der Waals surface area contributed by atoms with Gasteiger partial charge in [-0.1, -0.05) is 18.2 Å². The minimum absolute atomic E-state index is 0.0389. The summed E-state index contributed by atoms with van der Waals surface area (Å²) >= 11 is 0. The second-order valence-corrected chi connectivity index (χ2v) is 9.53. The Balaban J connectivity index is 1.31. The number of amides is 2. The Labute approximate surface area is 176 Å². The highest BCUT2D eigenvalue weighted by Gasteiger charge is 2.35. The van der Waals surface area contributed by atoms with Crippen LogP contribution in [0.5, 0.6) is 0 Å². The largest absolute Gasteiger partial charge is 0.349 e. The molecule has 2 aliphatic rings. The summed E-state index contributed by atoms with van der Waals surface area (Å²) in [5.41, 5.74) is 0.858. The predicted octanol–water partition coefficient (Wildman–Crippen LogP) is 2.62. The molecule has 0 unspecified atom stereocenters. The first-order chi connectivity index (χ1) is 14.4. The molecule has 2 amide bonds. The number of nitrogens with one attached hydrogen (secondary N) is 2. The molecule has 2 aromatic rings. The topological polar surface area (TPSA) is 95.6 Å². The van der Waals surface area contributed by atoms with Crippen LogP contribution in [0.15, 0.2) is 59.5 Å². The lowest BCUT2D eigenvalue weighted by Crippen LogP contribution is -2.47. The Kier molecular flexibility index (Phi) is 5.76. The fourth-order valence-corrected chi connectivity index (χ4v) is 4.68. The van der Waals surface area contributed by atoms with E-state index in [1.807, 2.05) is 4.90 Å². The van der Waals surface area contributed by atoms with Gasteiger partial charge in [-0.2, -0.15) is 0 Å². The van der Waals surface area contributed by atoms with Crippen molar-refractivity contribution in [2.75, 3.05) is 17.8 Å². The van der Waals surface area contributed by atoms with Crippen LogP contribution in [0.3, 0.4) is 0 Å². The quantitative estimate of drug-likeness (QED) is 0.741. The summed E-state index contributed by atoms with van der Waals surface area (Å²) in [4.78, 5) is 26.7. The molecular weight excluding hydrogens is 402 g/mol. The monoisotopic (exact) mass is 427 g/mol. The third-order valence-corrected chi connectivity index (χ3v) is 6.92. The molecule has 7 nitrogen and oxygen atoms in total. The first-order valence-electron chi connectivity index (χ1n) is 10.2. The molecule has 2 aromatic carbocycles. The average Bonchev–Trinajstić information content (AvgIpc) is 3.60. The van der Waals surface area contributed by atoms with Gasteiger partial charge in [0.1, 0.15) is 0 Å². The van der Waals surface area contributed by atoms with Gasteiger partial charge in [0.15, 0.2) is 0 Å². The van der Waals surface area contributed by atoms with E-state index in [-0.39, 0.29) is 28.7 Å². The molecule has 1 heterocycles. The van der Waals surface area contributed by atoms with Crippen molar-refractivity contribution in [1.29, 1.82) is 0 Å². The normalized spacial score (nSPS) is 17.4. The minimum Gasteiger partial charge on any atom is -0.349 e. The number of nitrogens with zero attached hydrogens (tertiary/aromatic N) is 1. The Morgan fingerprint density at radius 2 is 1.50 bits per heavy atom. The Hall–Kier alpha value is -2.87. The molecule has 1 aliphatic heterocycles. The van der Waals surface area contributed by atoms with Gasteiger partial charge in [0, 0.05) is 36.3 Å². The first-order valence-corrected chi connectivity index (χ1v) is 11.7. The van der Waals surface area contributed by atoms with E-state index in [4.69, 9.17) is 0 Å². The zero-order valence-corrected chi connectivity index (χ0v) is 17.4. The molecule has 0 bridgehead atoms. The van der Waals surface area contributed by atoms with Gasteiger partial charge in [-0.05, 0) is 62.1 Å². The van der Waals surface area contributed by atoms with Gasteiger partial charge in [0.2, 0.25) is 5.91 Å². The second-order valence-electron chi connectivity index (χ2n) is 7.84. The van der Waals surface area contributed by atoms with E-state index in [0.717, 1.165) is 25.7 Å². The molecule has 1 aliphatic carbocycles. The van der Waals surface area contributed by atoms with Crippen LogP contribution in [0, 0.1) is 5.92 Å². The first kappa shape index (κ1) is 20.4. The molecule has 0 radical (unpaired) electrons. The number of sulfonamides is 1. The number of hydrogen-bond acceptors (Lipinski definition) is 4. The van der Waals surface area contributed by atoms with E-state index in [2.05, 4.69) is 10.0 Å². The van der Waals surface area contributed by atoms with Crippen LogP contribution >= 0.6 is 0 Å². The van der Waals surface area contributed by atoms with E-state index in [0.29, 0.717) is 24.3 Å². The number of rotatable bonds is 6. The molecule has 0 spiro atoms. The van der Waals surface area contributed by atoms with Gasteiger partial charge < -0.3 is 10.2 Å². The van der Waals surface area contributed by atoms with Crippen molar-refractivity contribution in [2.45, 2.75) is 36.6 Å². The van der Waals surface area contributed by atoms with Gasteiger partial charge in [-0.3, -0.25) is 14.3 Å². The molecule has 2 N–H and O–H groups in total. The van der Waals surface area contributed by atoms with E-state index in [1.165, 1.54) is 12.1 Å². The van der Waals surface area contributed by atoms with Crippen molar-refractivity contribution in [3.63, 3.8) is 0 Å². The van der Waals surface area contributed by atoms with Crippen LogP contribution in [0.2, 0.25) is 0 Å². The van der Waals surface area contributed by atoms with Gasteiger partial charge >= 0.3 is 0 Å². The fraction of sp³-hybridized carbons (Fsp3) is 0.364. The van der Waals surface area contributed by atoms with Crippen LogP contribution in [0.1, 0.15) is 36.0 Å². The molecule has 8 heteroatoms. The van der Waals surface area contributed by atoms with Gasteiger partial charge in [0.05, 0.1) is 4.90 Å². The predicted molar refractivity (Wildman–Crippen MR) is 113 cm³/mol. The summed E-state index contributed by atoms with van der Waals surface area (Å²) in [5, 5.41) is 3.02. The molecule has 1 saturated heterocycles. The van der Waals surface area contributed by atoms with E-state index in [1.54, 1.807) is 42.5 Å².